The molecule has 2 rings (SSSR count). The van der Waals surface area contributed by atoms with Gasteiger partial charge in [0.2, 0.25) is 0 Å². The second-order valence-corrected chi connectivity index (χ2v) is 3.76. The normalized spacial score (nSPS) is 15.2. The molecule has 1 aromatic rings. The minimum atomic E-state index is 1.20. The molecule has 0 saturated heterocycles. The van der Waals surface area contributed by atoms with Crippen molar-refractivity contribution in [2.45, 2.75) is 39.5 Å². The molecule has 0 bridgehead atoms. The van der Waals surface area contributed by atoms with Crippen LogP contribution < -0.4 is 0 Å². The Balaban J connectivity index is 2.61. The third-order valence-electron chi connectivity index (χ3n) is 3.25. The van der Waals surface area contributed by atoms with Crippen molar-refractivity contribution in [2.24, 2.45) is 7.05 Å². The molecule has 0 fully saturated rings. The molecule has 1 aliphatic rings. The van der Waals surface area contributed by atoms with E-state index in [1.165, 1.54) is 31.4 Å². The Morgan fingerprint density at radius 3 is 2.75 bits per heavy atom. The average molecular weight is 163 g/mol. The van der Waals surface area contributed by atoms with E-state index in [1.54, 1.807) is 16.8 Å². The number of fused-ring (bicyclic) bond motifs is 1. The molecular formula is C11H17N. The molecular weight excluding hydrogens is 146 g/mol. The number of aromatic nitrogens is 1. The van der Waals surface area contributed by atoms with Gasteiger partial charge in [-0.1, -0.05) is 6.92 Å². The lowest BCUT2D eigenvalue weighted by Gasteiger charge is -2.02. The van der Waals surface area contributed by atoms with Crippen LogP contribution in [-0.4, -0.2) is 4.57 Å². The highest BCUT2D eigenvalue weighted by Crippen LogP contribution is 2.29. The smallest absolute Gasteiger partial charge is 0.0209 e. The van der Waals surface area contributed by atoms with E-state index in [0.717, 1.165) is 0 Å². The SMILES string of the molecule is CCc1c2c(n(C)c1C)CCC2. The molecule has 12 heavy (non-hydrogen) atoms. The van der Waals surface area contributed by atoms with Crippen molar-refractivity contribution < 1.29 is 0 Å². The Kier molecular flexibility index (Phi) is 1.75. The summed E-state index contributed by atoms with van der Waals surface area (Å²) >= 11 is 0. The fraction of sp³-hybridized carbons (Fsp3) is 0.636. The third-order valence-corrected chi connectivity index (χ3v) is 3.25. The lowest BCUT2D eigenvalue weighted by molar-refractivity contribution is 0.778. The van der Waals surface area contributed by atoms with Gasteiger partial charge in [-0.3, -0.25) is 0 Å². The Morgan fingerprint density at radius 2 is 2.08 bits per heavy atom. The largest absolute Gasteiger partial charge is 0.351 e. The molecule has 0 unspecified atom stereocenters. The van der Waals surface area contributed by atoms with Gasteiger partial charge >= 0.3 is 0 Å². The Hall–Kier alpha value is -0.720. The molecule has 1 aliphatic carbocycles. The van der Waals surface area contributed by atoms with Gasteiger partial charge in [0.1, 0.15) is 0 Å². The van der Waals surface area contributed by atoms with Crippen molar-refractivity contribution in [3.63, 3.8) is 0 Å². The van der Waals surface area contributed by atoms with Crippen molar-refractivity contribution in [3.05, 3.63) is 22.5 Å². The molecule has 0 aromatic carbocycles. The average Bonchev–Trinajstić information content (AvgIpc) is 2.59. The molecule has 1 aromatic heterocycles. The highest BCUT2D eigenvalue weighted by atomic mass is 15.0. The maximum atomic E-state index is 2.39. The quantitative estimate of drug-likeness (QED) is 0.599. The van der Waals surface area contributed by atoms with Crippen molar-refractivity contribution >= 4 is 0 Å². The second kappa shape index (κ2) is 2.65. The maximum Gasteiger partial charge on any atom is 0.0209 e. The topological polar surface area (TPSA) is 4.93 Å². The summed E-state index contributed by atoms with van der Waals surface area (Å²) in [6.45, 7) is 4.51. The fourth-order valence-electron chi connectivity index (χ4n) is 2.52. The Morgan fingerprint density at radius 1 is 1.33 bits per heavy atom. The molecule has 0 saturated carbocycles. The predicted octanol–water partition coefficient (Wildman–Crippen LogP) is 2.38. The summed E-state index contributed by atoms with van der Waals surface area (Å²) in [4.78, 5) is 0. The van der Waals surface area contributed by atoms with E-state index in [1.807, 2.05) is 0 Å². The van der Waals surface area contributed by atoms with Gasteiger partial charge in [0.05, 0.1) is 0 Å². The molecule has 1 heteroatoms. The molecule has 0 aliphatic heterocycles. The van der Waals surface area contributed by atoms with Crippen LogP contribution in [0.3, 0.4) is 0 Å². The van der Waals surface area contributed by atoms with E-state index < -0.39 is 0 Å². The minimum Gasteiger partial charge on any atom is -0.351 e. The van der Waals surface area contributed by atoms with E-state index in [9.17, 15) is 0 Å². The van der Waals surface area contributed by atoms with Crippen molar-refractivity contribution in [1.82, 2.24) is 4.57 Å². The highest BCUT2D eigenvalue weighted by molar-refractivity contribution is 5.40. The lowest BCUT2D eigenvalue weighted by Crippen LogP contribution is -1.96. The molecule has 66 valence electrons. The van der Waals surface area contributed by atoms with E-state index in [2.05, 4.69) is 25.5 Å². The van der Waals surface area contributed by atoms with Crippen molar-refractivity contribution in [2.75, 3.05) is 0 Å². The van der Waals surface area contributed by atoms with Gasteiger partial charge in [0.15, 0.2) is 0 Å². The summed E-state index contributed by atoms with van der Waals surface area (Å²) in [5.41, 5.74) is 6.37. The summed E-state index contributed by atoms with van der Waals surface area (Å²) < 4.78 is 2.39. The summed E-state index contributed by atoms with van der Waals surface area (Å²) in [5.74, 6) is 0. The van der Waals surface area contributed by atoms with Crippen LogP contribution in [0.2, 0.25) is 0 Å². The van der Waals surface area contributed by atoms with Gasteiger partial charge in [-0.15, -0.1) is 0 Å². The summed E-state index contributed by atoms with van der Waals surface area (Å²) in [7, 11) is 2.21. The first-order chi connectivity index (χ1) is 5.75. The zero-order valence-corrected chi connectivity index (χ0v) is 8.28. The third kappa shape index (κ3) is 0.855. The van der Waals surface area contributed by atoms with Gasteiger partial charge < -0.3 is 4.57 Å². The van der Waals surface area contributed by atoms with Crippen LogP contribution in [0.5, 0.6) is 0 Å². The van der Waals surface area contributed by atoms with Crippen LogP contribution in [-0.2, 0) is 26.3 Å². The molecule has 1 nitrogen and oxygen atoms in total. The molecule has 1 heterocycles. The van der Waals surface area contributed by atoms with Crippen LogP contribution >= 0.6 is 0 Å². The van der Waals surface area contributed by atoms with E-state index in [4.69, 9.17) is 0 Å². The van der Waals surface area contributed by atoms with Crippen LogP contribution in [0, 0.1) is 6.92 Å². The first-order valence-corrected chi connectivity index (χ1v) is 4.91. The standard InChI is InChI=1S/C11H17N/c1-4-9-8(2)12(3)11-7-5-6-10(9)11/h4-7H2,1-3H3. The van der Waals surface area contributed by atoms with Gasteiger partial charge in [-0.25, -0.2) is 0 Å². The van der Waals surface area contributed by atoms with Gasteiger partial charge in [-0.05, 0) is 43.7 Å². The zero-order valence-electron chi connectivity index (χ0n) is 8.28. The summed E-state index contributed by atoms with van der Waals surface area (Å²) in [6.07, 6.45) is 5.19. The lowest BCUT2D eigenvalue weighted by atomic mass is 10.1. The van der Waals surface area contributed by atoms with Crippen LogP contribution in [0.25, 0.3) is 0 Å². The zero-order chi connectivity index (χ0) is 8.72. The molecule has 0 atom stereocenters. The van der Waals surface area contributed by atoms with Gasteiger partial charge in [0, 0.05) is 18.4 Å². The molecule has 0 N–H and O–H groups in total. The molecule has 0 amide bonds. The summed E-state index contributed by atoms with van der Waals surface area (Å²) in [6, 6.07) is 0. The monoisotopic (exact) mass is 163 g/mol. The van der Waals surface area contributed by atoms with E-state index in [-0.39, 0.29) is 0 Å². The summed E-state index contributed by atoms with van der Waals surface area (Å²) in [5, 5.41) is 0. The van der Waals surface area contributed by atoms with Crippen LogP contribution in [0.4, 0.5) is 0 Å². The number of hydrogen-bond acceptors (Lipinski definition) is 0. The van der Waals surface area contributed by atoms with E-state index >= 15 is 0 Å². The first-order valence-electron chi connectivity index (χ1n) is 4.91. The van der Waals surface area contributed by atoms with Gasteiger partial charge in [-0.2, -0.15) is 0 Å². The number of rotatable bonds is 1. The Bertz CT molecular complexity index is 304. The predicted molar refractivity (Wildman–Crippen MR) is 51.6 cm³/mol. The number of nitrogens with zero attached hydrogens (tertiary/aromatic N) is 1. The minimum absolute atomic E-state index is 1.20. The first kappa shape index (κ1) is 7.90. The maximum absolute atomic E-state index is 2.39. The fourth-order valence-corrected chi connectivity index (χ4v) is 2.52. The second-order valence-electron chi connectivity index (χ2n) is 3.76. The van der Waals surface area contributed by atoms with Crippen LogP contribution in [0.15, 0.2) is 0 Å². The van der Waals surface area contributed by atoms with Crippen molar-refractivity contribution in [1.29, 1.82) is 0 Å². The van der Waals surface area contributed by atoms with Crippen LogP contribution in [0.1, 0.15) is 35.9 Å². The number of hydrogen-bond donors (Lipinski definition) is 0. The Labute approximate surface area is 74.4 Å². The molecule has 0 spiro atoms. The highest BCUT2D eigenvalue weighted by Gasteiger charge is 2.20. The van der Waals surface area contributed by atoms with Gasteiger partial charge in [0.25, 0.3) is 0 Å². The molecule has 0 radical (unpaired) electrons. The van der Waals surface area contributed by atoms with Crippen molar-refractivity contribution in [3.8, 4) is 0 Å². The van der Waals surface area contributed by atoms with E-state index in [0.29, 0.717) is 0 Å².